The third kappa shape index (κ3) is 4.32. The average Bonchev–Trinajstić information content (AvgIpc) is 2.81. The zero-order valence-corrected chi connectivity index (χ0v) is 13.9. The van der Waals surface area contributed by atoms with Gasteiger partial charge in [0.05, 0.1) is 11.9 Å². The first-order chi connectivity index (χ1) is 10.3. The van der Waals surface area contributed by atoms with Crippen molar-refractivity contribution >= 4 is 12.4 Å². The lowest BCUT2D eigenvalue weighted by molar-refractivity contribution is 0.216. The average molecular weight is 321 g/mol. The summed E-state index contributed by atoms with van der Waals surface area (Å²) >= 11 is 0. The van der Waals surface area contributed by atoms with Gasteiger partial charge in [0, 0.05) is 24.3 Å². The predicted molar refractivity (Wildman–Crippen MR) is 92.8 cm³/mol. The normalized spacial score (nSPS) is 18.7. The van der Waals surface area contributed by atoms with Gasteiger partial charge in [-0.25, -0.2) is 4.68 Å². The lowest BCUT2D eigenvalue weighted by Crippen LogP contribution is -2.31. The Morgan fingerprint density at radius 1 is 1.23 bits per heavy atom. The second-order valence-electron chi connectivity index (χ2n) is 5.88. The van der Waals surface area contributed by atoms with Crippen molar-refractivity contribution in [2.75, 3.05) is 20.1 Å². The van der Waals surface area contributed by atoms with E-state index >= 15 is 0 Å². The summed E-state index contributed by atoms with van der Waals surface area (Å²) in [4.78, 5) is 2.47. The highest BCUT2D eigenvalue weighted by Crippen LogP contribution is 2.15. The van der Waals surface area contributed by atoms with Crippen LogP contribution in [-0.4, -0.2) is 40.9 Å². The second-order valence-corrected chi connectivity index (χ2v) is 5.88. The van der Waals surface area contributed by atoms with E-state index in [0.29, 0.717) is 6.04 Å². The molecule has 1 aliphatic heterocycles. The molecule has 1 aromatic heterocycles. The quantitative estimate of drug-likeness (QED) is 0.940. The van der Waals surface area contributed by atoms with E-state index in [4.69, 9.17) is 0 Å². The molecule has 4 nitrogen and oxygen atoms in total. The number of rotatable bonds is 4. The Bertz CT molecular complexity index is 547. The van der Waals surface area contributed by atoms with Crippen molar-refractivity contribution in [3.8, 4) is 5.69 Å². The van der Waals surface area contributed by atoms with Crippen LogP contribution in [-0.2, 0) is 6.54 Å². The highest BCUT2D eigenvalue weighted by Gasteiger charge is 2.17. The Labute approximate surface area is 138 Å². The maximum absolute atomic E-state index is 4.48. The first-order valence-electron chi connectivity index (χ1n) is 7.83. The topological polar surface area (TPSA) is 33.1 Å². The van der Waals surface area contributed by atoms with E-state index < -0.39 is 0 Å². The molecule has 0 spiro atoms. The highest BCUT2D eigenvalue weighted by molar-refractivity contribution is 5.85. The van der Waals surface area contributed by atoms with Crippen molar-refractivity contribution in [1.29, 1.82) is 0 Å². The van der Waals surface area contributed by atoms with Crippen molar-refractivity contribution in [2.24, 2.45) is 0 Å². The van der Waals surface area contributed by atoms with Crippen molar-refractivity contribution in [1.82, 2.24) is 20.0 Å². The first kappa shape index (κ1) is 17.0. The molecular weight excluding hydrogens is 296 g/mol. The van der Waals surface area contributed by atoms with E-state index in [-0.39, 0.29) is 12.4 Å². The smallest absolute Gasteiger partial charge is 0.0645 e. The van der Waals surface area contributed by atoms with Gasteiger partial charge in [0.2, 0.25) is 0 Å². The van der Waals surface area contributed by atoms with E-state index in [1.165, 1.54) is 24.8 Å². The van der Waals surface area contributed by atoms with Crippen molar-refractivity contribution in [2.45, 2.75) is 31.8 Å². The molecule has 22 heavy (non-hydrogen) atoms. The lowest BCUT2D eigenvalue weighted by atomic mass is 10.1. The number of para-hydroxylation sites is 1. The molecule has 0 radical (unpaired) electrons. The third-order valence-electron chi connectivity index (χ3n) is 4.26. The number of nitrogens with zero attached hydrogens (tertiary/aromatic N) is 3. The van der Waals surface area contributed by atoms with Crippen LogP contribution in [0.15, 0.2) is 42.7 Å². The number of hydrogen-bond donors (Lipinski definition) is 1. The Kier molecular flexibility index (Phi) is 6.43. The molecule has 0 aliphatic carbocycles. The molecule has 0 saturated carbocycles. The number of benzene rings is 1. The number of aromatic nitrogens is 2. The van der Waals surface area contributed by atoms with Gasteiger partial charge in [0.25, 0.3) is 0 Å². The minimum Gasteiger partial charge on any atom is -0.317 e. The van der Waals surface area contributed by atoms with Gasteiger partial charge in [-0.1, -0.05) is 18.2 Å². The van der Waals surface area contributed by atoms with Crippen molar-refractivity contribution in [3.05, 3.63) is 48.3 Å². The zero-order valence-electron chi connectivity index (χ0n) is 13.1. The van der Waals surface area contributed by atoms with Crippen molar-refractivity contribution in [3.63, 3.8) is 0 Å². The van der Waals surface area contributed by atoms with E-state index in [0.717, 1.165) is 25.3 Å². The van der Waals surface area contributed by atoms with Crippen LogP contribution in [0.5, 0.6) is 0 Å². The fraction of sp³-hybridized carbons (Fsp3) is 0.471. The number of nitrogens with one attached hydrogen (secondary N) is 1. The van der Waals surface area contributed by atoms with Gasteiger partial charge >= 0.3 is 0 Å². The molecule has 2 aromatic rings. The highest BCUT2D eigenvalue weighted by atomic mass is 35.5. The Hall–Kier alpha value is -1.36. The molecule has 2 heterocycles. The summed E-state index contributed by atoms with van der Waals surface area (Å²) in [5, 5.41) is 7.96. The van der Waals surface area contributed by atoms with Crippen molar-refractivity contribution < 1.29 is 0 Å². The summed E-state index contributed by atoms with van der Waals surface area (Å²) in [5.74, 6) is 0. The Morgan fingerprint density at radius 2 is 2.05 bits per heavy atom. The van der Waals surface area contributed by atoms with E-state index in [2.05, 4.69) is 40.7 Å². The molecule has 120 valence electrons. The third-order valence-corrected chi connectivity index (χ3v) is 4.26. The zero-order chi connectivity index (χ0) is 14.5. The summed E-state index contributed by atoms with van der Waals surface area (Å²) in [6, 6.07) is 11.0. The van der Waals surface area contributed by atoms with Crippen LogP contribution in [0, 0.1) is 0 Å². The number of halogens is 1. The molecule has 1 saturated heterocycles. The number of hydrogen-bond acceptors (Lipinski definition) is 3. The van der Waals surface area contributed by atoms with Gasteiger partial charge in [-0.15, -0.1) is 12.4 Å². The first-order valence-corrected chi connectivity index (χ1v) is 7.83. The summed E-state index contributed by atoms with van der Waals surface area (Å²) in [6.45, 7) is 3.27. The molecule has 1 aromatic carbocycles. The molecule has 1 atom stereocenters. The monoisotopic (exact) mass is 320 g/mol. The maximum atomic E-state index is 4.48. The largest absolute Gasteiger partial charge is 0.317 e. The van der Waals surface area contributed by atoms with Gasteiger partial charge in [-0.05, 0) is 51.5 Å². The summed E-state index contributed by atoms with van der Waals surface area (Å²) < 4.78 is 1.96. The molecule has 1 unspecified atom stereocenters. The van der Waals surface area contributed by atoms with Gasteiger partial charge < -0.3 is 5.32 Å². The minimum absolute atomic E-state index is 0. The van der Waals surface area contributed by atoms with E-state index in [1.54, 1.807) is 0 Å². The Morgan fingerprint density at radius 3 is 2.86 bits per heavy atom. The SMILES string of the molecule is CN(Cc1cnn(-c2ccccc2)c1)C1CCCNCC1.Cl. The molecule has 3 rings (SSSR count). The molecule has 1 aliphatic rings. The van der Waals surface area contributed by atoms with Crippen LogP contribution in [0.1, 0.15) is 24.8 Å². The molecule has 0 amide bonds. The minimum atomic E-state index is 0. The molecular formula is C17H25ClN4. The molecule has 1 N–H and O–H groups in total. The Balaban J connectivity index is 0.00000176. The summed E-state index contributed by atoms with van der Waals surface area (Å²) in [5.41, 5.74) is 2.39. The van der Waals surface area contributed by atoms with Crippen LogP contribution >= 0.6 is 12.4 Å². The van der Waals surface area contributed by atoms with E-state index in [9.17, 15) is 0 Å². The predicted octanol–water partition coefficient (Wildman–Crippen LogP) is 2.87. The van der Waals surface area contributed by atoms with Crippen LogP contribution in [0.3, 0.4) is 0 Å². The fourth-order valence-corrected chi connectivity index (χ4v) is 3.02. The van der Waals surface area contributed by atoms with Crippen LogP contribution < -0.4 is 5.32 Å². The van der Waals surface area contributed by atoms with Crippen LogP contribution in [0.2, 0.25) is 0 Å². The van der Waals surface area contributed by atoms with Gasteiger partial charge in [-0.3, -0.25) is 4.90 Å². The second kappa shape index (κ2) is 8.32. The van der Waals surface area contributed by atoms with Gasteiger partial charge in [-0.2, -0.15) is 5.10 Å². The van der Waals surface area contributed by atoms with Gasteiger partial charge in [0.1, 0.15) is 0 Å². The van der Waals surface area contributed by atoms with Gasteiger partial charge in [0.15, 0.2) is 0 Å². The summed E-state index contributed by atoms with van der Waals surface area (Å²) in [7, 11) is 2.23. The van der Waals surface area contributed by atoms with Crippen LogP contribution in [0.4, 0.5) is 0 Å². The standard InChI is InChI=1S/C17H24N4.ClH/c1-20(16-8-5-10-18-11-9-16)13-15-12-19-21(14-15)17-6-3-2-4-7-17;/h2-4,6-7,12,14,16,18H,5,8-11,13H2,1H3;1H. The van der Waals surface area contributed by atoms with E-state index in [1.807, 2.05) is 29.1 Å². The molecule has 1 fully saturated rings. The maximum Gasteiger partial charge on any atom is 0.0645 e. The van der Waals surface area contributed by atoms with Crippen LogP contribution in [0.25, 0.3) is 5.69 Å². The molecule has 5 heteroatoms. The summed E-state index contributed by atoms with van der Waals surface area (Å²) in [6.07, 6.45) is 7.93. The lowest BCUT2D eigenvalue weighted by Gasteiger charge is -2.26. The fourth-order valence-electron chi connectivity index (χ4n) is 3.02. The molecule has 0 bridgehead atoms.